The first kappa shape index (κ1) is 34.0. The monoisotopic (exact) mass is 580 g/mol. The summed E-state index contributed by atoms with van der Waals surface area (Å²) in [4.78, 5) is 65.2. The highest BCUT2D eigenvalue weighted by atomic mass is 16.6. The van der Waals surface area contributed by atoms with E-state index in [0.717, 1.165) is 11.1 Å². The fourth-order valence-corrected chi connectivity index (χ4v) is 4.31. The molecule has 0 fully saturated rings. The second-order valence-corrected chi connectivity index (χ2v) is 10.9. The van der Waals surface area contributed by atoms with Crippen molar-refractivity contribution in [3.8, 4) is 0 Å². The molecule has 0 saturated carbocycles. The molecule has 4 N–H and O–H groups in total. The van der Waals surface area contributed by atoms with E-state index >= 15 is 0 Å². The molecule has 228 valence electrons. The Bertz CT molecular complexity index is 1190. The third-order valence-electron chi connectivity index (χ3n) is 6.56. The van der Waals surface area contributed by atoms with Crippen LogP contribution in [-0.2, 0) is 30.3 Å². The molecule has 42 heavy (non-hydrogen) atoms. The number of Topliss-reactive ketones (excluding diaryl/α,β-unsaturated/α-hetero) is 1. The minimum atomic E-state index is -1.08. The van der Waals surface area contributed by atoms with Gasteiger partial charge in [0.05, 0.1) is 18.2 Å². The summed E-state index contributed by atoms with van der Waals surface area (Å²) in [7, 11) is 0. The van der Waals surface area contributed by atoms with Crippen molar-refractivity contribution in [2.45, 2.75) is 91.1 Å². The van der Waals surface area contributed by atoms with Gasteiger partial charge in [-0.3, -0.25) is 19.2 Å². The van der Waals surface area contributed by atoms with Crippen LogP contribution < -0.4 is 21.3 Å². The number of ether oxygens (including phenoxy) is 1. The normalized spacial score (nSPS) is 13.8. The molecule has 0 heterocycles. The maximum absolute atomic E-state index is 13.6. The number of carbonyl (C=O) groups excluding carboxylic acids is 5. The summed E-state index contributed by atoms with van der Waals surface area (Å²) in [6, 6.07) is 14.8. The molecule has 2 aromatic carbocycles. The van der Waals surface area contributed by atoms with Crippen LogP contribution in [0.1, 0.15) is 71.6 Å². The molecular weight excluding hydrogens is 536 g/mol. The van der Waals surface area contributed by atoms with E-state index in [1.807, 2.05) is 67.6 Å². The van der Waals surface area contributed by atoms with Crippen molar-refractivity contribution < 1.29 is 28.7 Å². The lowest BCUT2D eigenvalue weighted by Gasteiger charge is -2.27. The van der Waals surface area contributed by atoms with Gasteiger partial charge < -0.3 is 26.0 Å². The van der Waals surface area contributed by atoms with E-state index in [2.05, 4.69) is 21.3 Å². The molecular formula is C32H44N4O6. The number of alkyl carbamates (subject to hydrolysis) is 1. The van der Waals surface area contributed by atoms with Gasteiger partial charge in [0.2, 0.25) is 17.6 Å². The SMILES string of the molecule is CCCC(NC(=O)[C@H](Cc1ccccc1)NC(=O)[C@@H](NC(=O)OC(C)C)C(C)C)C(=O)C(=O)N[C@@H](C)c1ccccc1. The Labute approximate surface area is 248 Å². The van der Waals surface area contributed by atoms with Crippen LogP contribution in [0.25, 0.3) is 0 Å². The second kappa shape index (κ2) is 16.9. The number of hydrogen-bond donors (Lipinski definition) is 4. The Kier molecular flexibility index (Phi) is 13.7. The summed E-state index contributed by atoms with van der Waals surface area (Å²) in [5.74, 6) is -3.07. The standard InChI is InChI=1S/C32H44N4O6/c1-7-14-25(28(37)31(40)33-22(6)24-17-12-9-13-18-24)34-29(38)26(19-23-15-10-8-11-16-23)35-30(39)27(20(2)3)36-32(41)42-21(4)5/h8-13,15-18,20-22,25-27H,7,14,19H2,1-6H3,(H,33,40)(H,34,38)(H,35,39)(H,36,41)/t22-,25?,26-,27-/m0/s1. The molecule has 0 saturated heterocycles. The van der Waals surface area contributed by atoms with Crippen molar-refractivity contribution in [2.75, 3.05) is 0 Å². The van der Waals surface area contributed by atoms with Gasteiger partial charge in [-0.25, -0.2) is 4.79 Å². The van der Waals surface area contributed by atoms with Crippen molar-refractivity contribution in [3.05, 3.63) is 71.8 Å². The lowest BCUT2D eigenvalue weighted by Crippen LogP contribution is -2.58. The molecule has 1 unspecified atom stereocenters. The lowest BCUT2D eigenvalue weighted by atomic mass is 10.00. The Morgan fingerprint density at radius 1 is 0.714 bits per heavy atom. The van der Waals surface area contributed by atoms with E-state index in [1.165, 1.54) is 0 Å². The van der Waals surface area contributed by atoms with Gasteiger partial charge in [0.25, 0.3) is 5.91 Å². The highest BCUT2D eigenvalue weighted by Crippen LogP contribution is 2.12. The van der Waals surface area contributed by atoms with Crippen LogP contribution in [0.15, 0.2) is 60.7 Å². The minimum absolute atomic E-state index is 0.129. The highest BCUT2D eigenvalue weighted by Gasteiger charge is 2.33. The predicted molar refractivity (Wildman–Crippen MR) is 160 cm³/mol. The largest absolute Gasteiger partial charge is 0.447 e. The van der Waals surface area contributed by atoms with E-state index in [0.29, 0.717) is 6.42 Å². The molecule has 2 rings (SSSR count). The average molecular weight is 581 g/mol. The fourth-order valence-electron chi connectivity index (χ4n) is 4.31. The van der Waals surface area contributed by atoms with E-state index in [4.69, 9.17) is 4.74 Å². The van der Waals surface area contributed by atoms with E-state index in [1.54, 1.807) is 34.6 Å². The molecule has 2 aromatic rings. The van der Waals surface area contributed by atoms with Crippen molar-refractivity contribution in [2.24, 2.45) is 5.92 Å². The van der Waals surface area contributed by atoms with E-state index in [9.17, 15) is 24.0 Å². The minimum Gasteiger partial charge on any atom is -0.447 e. The molecule has 0 aliphatic rings. The predicted octanol–water partition coefficient (Wildman–Crippen LogP) is 3.60. The van der Waals surface area contributed by atoms with Crippen molar-refractivity contribution in [1.82, 2.24) is 21.3 Å². The summed E-state index contributed by atoms with van der Waals surface area (Å²) in [6.07, 6.45) is -0.221. The van der Waals surface area contributed by atoms with Crippen molar-refractivity contribution >= 4 is 29.6 Å². The summed E-state index contributed by atoms with van der Waals surface area (Å²) >= 11 is 0. The molecule has 10 heteroatoms. The maximum Gasteiger partial charge on any atom is 0.408 e. The highest BCUT2D eigenvalue weighted by molar-refractivity contribution is 6.38. The number of benzene rings is 2. The Morgan fingerprint density at radius 2 is 1.29 bits per heavy atom. The Balaban J connectivity index is 2.22. The third-order valence-corrected chi connectivity index (χ3v) is 6.56. The van der Waals surface area contributed by atoms with Gasteiger partial charge in [0.15, 0.2) is 0 Å². The van der Waals surface area contributed by atoms with Crippen LogP contribution in [0.4, 0.5) is 4.79 Å². The van der Waals surface area contributed by atoms with Gasteiger partial charge >= 0.3 is 6.09 Å². The summed E-state index contributed by atoms with van der Waals surface area (Å²) in [6.45, 7) is 10.5. The molecule has 0 aromatic heterocycles. The number of nitrogens with one attached hydrogen (secondary N) is 4. The summed E-state index contributed by atoms with van der Waals surface area (Å²) in [5, 5.41) is 10.7. The number of hydrogen-bond acceptors (Lipinski definition) is 6. The van der Waals surface area contributed by atoms with Crippen LogP contribution in [0.3, 0.4) is 0 Å². The lowest BCUT2D eigenvalue weighted by molar-refractivity contribution is -0.141. The van der Waals surface area contributed by atoms with Gasteiger partial charge in [-0.1, -0.05) is 87.9 Å². The van der Waals surface area contributed by atoms with Crippen molar-refractivity contribution in [3.63, 3.8) is 0 Å². The maximum atomic E-state index is 13.6. The van der Waals surface area contributed by atoms with Gasteiger partial charge in [-0.2, -0.15) is 0 Å². The number of ketones is 1. The molecule has 0 radical (unpaired) electrons. The first-order valence-corrected chi connectivity index (χ1v) is 14.4. The molecule has 0 aliphatic carbocycles. The van der Waals surface area contributed by atoms with Crippen LogP contribution in [0.5, 0.6) is 0 Å². The van der Waals surface area contributed by atoms with Crippen molar-refractivity contribution in [1.29, 1.82) is 0 Å². The topological polar surface area (TPSA) is 143 Å². The van der Waals surface area contributed by atoms with E-state index in [-0.39, 0.29) is 24.9 Å². The summed E-state index contributed by atoms with van der Waals surface area (Å²) < 4.78 is 5.13. The fraction of sp³-hybridized carbons (Fsp3) is 0.469. The molecule has 10 nitrogen and oxygen atoms in total. The smallest absolute Gasteiger partial charge is 0.408 e. The average Bonchev–Trinajstić information content (AvgIpc) is 2.95. The van der Waals surface area contributed by atoms with E-state index < -0.39 is 53.8 Å². The molecule has 0 spiro atoms. The zero-order valence-corrected chi connectivity index (χ0v) is 25.3. The van der Waals surface area contributed by atoms with Crippen LogP contribution in [0.2, 0.25) is 0 Å². The summed E-state index contributed by atoms with van der Waals surface area (Å²) in [5.41, 5.74) is 1.62. The first-order valence-electron chi connectivity index (χ1n) is 14.4. The number of rotatable bonds is 15. The molecule has 4 atom stereocenters. The molecule has 0 aliphatic heterocycles. The van der Waals surface area contributed by atoms with Gasteiger partial charge in [0.1, 0.15) is 12.1 Å². The third kappa shape index (κ3) is 11.0. The zero-order valence-electron chi connectivity index (χ0n) is 25.3. The second-order valence-electron chi connectivity index (χ2n) is 10.9. The van der Waals surface area contributed by atoms with Gasteiger partial charge in [-0.15, -0.1) is 0 Å². The van der Waals surface area contributed by atoms with Gasteiger partial charge in [-0.05, 0) is 44.2 Å². The molecule has 4 amide bonds. The van der Waals surface area contributed by atoms with Gasteiger partial charge in [0, 0.05) is 6.42 Å². The number of amides is 4. The Hall–Kier alpha value is -4.21. The zero-order chi connectivity index (χ0) is 31.2. The quantitative estimate of drug-likeness (QED) is 0.237. The van der Waals surface area contributed by atoms with Crippen LogP contribution >= 0.6 is 0 Å². The number of carbonyl (C=O) groups is 5. The molecule has 0 bridgehead atoms. The van der Waals surface area contributed by atoms with Crippen LogP contribution in [0, 0.1) is 5.92 Å². The first-order chi connectivity index (χ1) is 19.9. The Morgan fingerprint density at radius 3 is 1.83 bits per heavy atom. The van der Waals surface area contributed by atoms with Crippen LogP contribution in [-0.4, -0.2) is 53.8 Å².